The number of methoxy groups -OCH3 is 2. The average molecular weight is 146 g/mol. The van der Waals surface area contributed by atoms with Gasteiger partial charge >= 0.3 is 0 Å². The molecule has 3 nitrogen and oxygen atoms in total. The molecule has 0 aromatic rings. The fraction of sp³-hybridized carbons (Fsp3) is 1.00. The Morgan fingerprint density at radius 3 is 2.90 bits per heavy atom. The van der Waals surface area contributed by atoms with E-state index in [1.807, 2.05) is 0 Å². The zero-order chi connectivity index (χ0) is 7.40. The van der Waals surface area contributed by atoms with Crippen LogP contribution in [0.4, 0.5) is 0 Å². The van der Waals surface area contributed by atoms with Crippen molar-refractivity contribution >= 4 is 0 Å². The van der Waals surface area contributed by atoms with Crippen molar-refractivity contribution in [1.82, 2.24) is 0 Å². The van der Waals surface area contributed by atoms with Crippen LogP contribution in [-0.2, 0) is 14.2 Å². The van der Waals surface area contributed by atoms with Gasteiger partial charge in [0.25, 0.3) is 0 Å². The summed E-state index contributed by atoms with van der Waals surface area (Å²) in [6.07, 6.45) is 1.37. The third-order valence-corrected chi connectivity index (χ3v) is 1.78. The van der Waals surface area contributed by atoms with Gasteiger partial charge in [-0.1, -0.05) is 0 Å². The second kappa shape index (κ2) is 3.91. The summed E-state index contributed by atoms with van der Waals surface area (Å²) in [5, 5.41) is 0. The van der Waals surface area contributed by atoms with Gasteiger partial charge < -0.3 is 14.2 Å². The van der Waals surface area contributed by atoms with Gasteiger partial charge in [-0.3, -0.25) is 0 Å². The molecule has 2 unspecified atom stereocenters. The summed E-state index contributed by atoms with van der Waals surface area (Å²) in [6, 6.07) is 0. The van der Waals surface area contributed by atoms with Gasteiger partial charge in [0.1, 0.15) is 6.10 Å². The van der Waals surface area contributed by atoms with Crippen LogP contribution in [0, 0.1) is 0 Å². The summed E-state index contributed by atoms with van der Waals surface area (Å²) < 4.78 is 15.5. The summed E-state index contributed by atoms with van der Waals surface area (Å²) in [4.78, 5) is 0. The minimum atomic E-state index is 0.148. The molecule has 0 spiro atoms. The lowest BCUT2D eigenvalue weighted by Gasteiger charge is -2.15. The first-order valence-corrected chi connectivity index (χ1v) is 3.52. The molecule has 0 aromatic carbocycles. The SMILES string of the molecule is COCC1OCCC1OC. The molecule has 0 saturated carbocycles. The molecular formula is C7H14O3. The fourth-order valence-corrected chi connectivity index (χ4v) is 1.22. The molecule has 1 rings (SSSR count). The molecule has 0 N–H and O–H groups in total. The topological polar surface area (TPSA) is 27.7 Å². The molecule has 1 saturated heterocycles. The van der Waals surface area contributed by atoms with E-state index in [4.69, 9.17) is 14.2 Å². The van der Waals surface area contributed by atoms with Gasteiger partial charge in [0.15, 0.2) is 0 Å². The van der Waals surface area contributed by atoms with E-state index in [2.05, 4.69) is 0 Å². The first kappa shape index (κ1) is 7.98. The van der Waals surface area contributed by atoms with Gasteiger partial charge in [0.05, 0.1) is 12.7 Å². The smallest absolute Gasteiger partial charge is 0.107 e. The van der Waals surface area contributed by atoms with E-state index < -0.39 is 0 Å². The van der Waals surface area contributed by atoms with Crippen molar-refractivity contribution in [3.05, 3.63) is 0 Å². The Morgan fingerprint density at radius 1 is 1.50 bits per heavy atom. The van der Waals surface area contributed by atoms with Gasteiger partial charge in [-0.05, 0) is 6.42 Å². The molecule has 1 aliphatic rings. The standard InChI is InChI=1S/C7H14O3/c1-8-5-7-6(9-2)3-4-10-7/h6-7H,3-5H2,1-2H3. The molecule has 0 aliphatic carbocycles. The highest BCUT2D eigenvalue weighted by molar-refractivity contribution is 4.75. The maximum Gasteiger partial charge on any atom is 0.107 e. The van der Waals surface area contributed by atoms with Crippen LogP contribution in [0.3, 0.4) is 0 Å². The van der Waals surface area contributed by atoms with E-state index in [0.29, 0.717) is 6.61 Å². The van der Waals surface area contributed by atoms with Crippen LogP contribution in [-0.4, -0.2) is 39.6 Å². The van der Waals surface area contributed by atoms with Gasteiger partial charge in [-0.15, -0.1) is 0 Å². The van der Waals surface area contributed by atoms with Crippen molar-refractivity contribution in [2.45, 2.75) is 18.6 Å². The predicted octanol–water partition coefficient (Wildman–Crippen LogP) is 0.437. The summed E-state index contributed by atoms with van der Waals surface area (Å²) in [5.41, 5.74) is 0. The second-order valence-electron chi connectivity index (χ2n) is 2.43. The van der Waals surface area contributed by atoms with Gasteiger partial charge in [0.2, 0.25) is 0 Å². The summed E-state index contributed by atoms with van der Waals surface area (Å²) in [5.74, 6) is 0. The lowest BCUT2D eigenvalue weighted by Crippen LogP contribution is -2.27. The van der Waals surface area contributed by atoms with Crippen molar-refractivity contribution in [2.24, 2.45) is 0 Å². The second-order valence-corrected chi connectivity index (χ2v) is 2.43. The van der Waals surface area contributed by atoms with Crippen LogP contribution in [0.2, 0.25) is 0 Å². The van der Waals surface area contributed by atoms with Crippen LogP contribution >= 0.6 is 0 Å². The Morgan fingerprint density at radius 2 is 2.30 bits per heavy atom. The third-order valence-electron chi connectivity index (χ3n) is 1.78. The Balaban J connectivity index is 2.27. The fourth-order valence-electron chi connectivity index (χ4n) is 1.22. The zero-order valence-corrected chi connectivity index (χ0v) is 6.50. The summed E-state index contributed by atoms with van der Waals surface area (Å²) in [6.45, 7) is 1.44. The lowest BCUT2D eigenvalue weighted by atomic mass is 10.2. The highest BCUT2D eigenvalue weighted by Crippen LogP contribution is 2.15. The molecular weight excluding hydrogens is 132 g/mol. The zero-order valence-electron chi connectivity index (χ0n) is 6.50. The molecule has 60 valence electrons. The van der Waals surface area contributed by atoms with Gasteiger partial charge in [-0.2, -0.15) is 0 Å². The van der Waals surface area contributed by atoms with Gasteiger partial charge in [0, 0.05) is 20.8 Å². The van der Waals surface area contributed by atoms with Crippen LogP contribution < -0.4 is 0 Å². The van der Waals surface area contributed by atoms with E-state index >= 15 is 0 Å². The molecule has 0 radical (unpaired) electrons. The molecule has 2 atom stereocenters. The van der Waals surface area contributed by atoms with E-state index in [-0.39, 0.29) is 12.2 Å². The highest BCUT2D eigenvalue weighted by atomic mass is 16.6. The maximum absolute atomic E-state index is 5.35. The molecule has 3 heteroatoms. The van der Waals surface area contributed by atoms with Crippen LogP contribution in [0.1, 0.15) is 6.42 Å². The van der Waals surface area contributed by atoms with Crippen molar-refractivity contribution in [1.29, 1.82) is 0 Å². The molecule has 0 aromatic heterocycles. The molecule has 0 amide bonds. The number of hydrogen-bond acceptors (Lipinski definition) is 3. The number of rotatable bonds is 3. The summed E-state index contributed by atoms with van der Waals surface area (Å²) in [7, 11) is 3.39. The Hall–Kier alpha value is -0.120. The first-order chi connectivity index (χ1) is 4.88. The number of ether oxygens (including phenoxy) is 3. The largest absolute Gasteiger partial charge is 0.382 e. The van der Waals surface area contributed by atoms with Crippen molar-refractivity contribution < 1.29 is 14.2 Å². The number of hydrogen-bond donors (Lipinski definition) is 0. The van der Waals surface area contributed by atoms with Crippen LogP contribution in [0.25, 0.3) is 0 Å². The minimum absolute atomic E-state index is 0.148. The van der Waals surface area contributed by atoms with Crippen LogP contribution in [0.5, 0.6) is 0 Å². The quantitative estimate of drug-likeness (QED) is 0.578. The van der Waals surface area contributed by atoms with Crippen LogP contribution in [0.15, 0.2) is 0 Å². The molecule has 0 bridgehead atoms. The Labute approximate surface area is 61.3 Å². The minimum Gasteiger partial charge on any atom is -0.382 e. The molecule has 1 fully saturated rings. The van der Waals surface area contributed by atoms with E-state index in [9.17, 15) is 0 Å². The maximum atomic E-state index is 5.35. The molecule has 10 heavy (non-hydrogen) atoms. The van der Waals surface area contributed by atoms with E-state index in [0.717, 1.165) is 13.0 Å². The third kappa shape index (κ3) is 1.68. The monoisotopic (exact) mass is 146 g/mol. The van der Waals surface area contributed by atoms with Gasteiger partial charge in [-0.25, -0.2) is 0 Å². The Kier molecular flexibility index (Phi) is 3.12. The van der Waals surface area contributed by atoms with E-state index in [1.165, 1.54) is 0 Å². The molecule has 1 aliphatic heterocycles. The first-order valence-electron chi connectivity index (χ1n) is 3.52. The van der Waals surface area contributed by atoms with Crippen molar-refractivity contribution in [2.75, 3.05) is 27.4 Å². The summed E-state index contributed by atoms with van der Waals surface area (Å²) >= 11 is 0. The van der Waals surface area contributed by atoms with Crippen molar-refractivity contribution in [3.8, 4) is 0 Å². The van der Waals surface area contributed by atoms with E-state index in [1.54, 1.807) is 14.2 Å². The average Bonchev–Trinajstić information content (AvgIpc) is 2.36. The Bertz CT molecular complexity index is 94.9. The lowest BCUT2D eigenvalue weighted by molar-refractivity contribution is -0.0259. The molecule has 1 heterocycles. The predicted molar refractivity (Wildman–Crippen MR) is 37.0 cm³/mol. The normalized spacial score (nSPS) is 33.0. The highest BCUT2D eigenvalue weighted by Gasteiger charge is 2.27. The van der Waals surface area contributed by atoms with Crippen molar-refractivity contribution in [3.63, 3.8) is 0 Å².